The van der Waals surface area contributed by atoms with Crippen molar-refractivity contribution in [3.05, 3.63) is 75.5 Å². The molecule has 0 radical (unpaired) electrons. The molecule has 3 rings (SSSR count). The van der Waals surface area contributed by atoms with Gasteiger partial charge in [-0.2, -0.15) is 13.2 Å². The molecule has 0 amide bonds. The van der Waals surface area contributed by atoms with Crippen molar-refractivity contribution in [2.45, 2.75) is 32.5 Å². The summed E-state index contributed by atoms with van der Waals surface area (Å²) in [5.74, 6) is -6.04. The summed E-state index contributed by atoms with van der Waals surface area (Å²) >= 11 is 3.04. The highest BCUT2D eigenvalue weighted by molar-refractivity contribution is 9.10. The van der Waals surface area contributed by atoms with E-state index in [1.165, 1.54) is 26.8 Å². The predicted octanol–water partition coefficient (Wildman–Crippen LogP) is 7.69. The van der Waals surface area contributed by atoms with Crippen molar-refractivity contribution in [3.63, 3.8) is 0 Å². The molecule has 2 aromatic carbocycles. The molecule has 0 bridgehead atoms. The molecule has 1 heterocycles. The number of esters is 1. The van der Waals surface area contributed by atoms with Crippen molar-refractivity contribution in [3.8, 4) is 22.9 Å². The van der Waals surface area contributed by atoms with Gasteiger partial charge >= 0.3 is 12.1 Å². The average Bonchev–Trinajstić information content (AvgIpc) is 2.66. The van der Waals surface area contributed by atoms with Gasteiger partial charge in [-0.25, -0.2) is 22.9 Å². The zero-order valence-electron chi connectivity index (χ0n) is 17.9. The summed E-state index contributed by atoms with van der Waals surface area (Å²) in [6.45, 7) is 4.30. The highest BCUT2D eigenvalue weighted by atomic mass is 79.9. The molecule has 0 unspecified atom stereocenters. The number of alkyl halides is 3. The minimum absolute atomic E-state index is 0.317. The summed E-state index contributed by atoms with van der Waals surface area (Å²) in [7, 11) is 0. The lowest BCUT2D eigenvalue weighted by Crippen LogP contribution is -2.26. The summed E-state index contributed by atoms with van der Waals surface area (Å²) in [6.07, 6.45) is -5.13. The summed E-state index contributed by atoms with van der Waals surface area (Å²) < 4.78 is 94.6. The van der Waals surface area contributed by atoms with Gasteiger partial charge < -0.3 is 9.47 Å². The van der Waals surface area contributed by atoms with E-state index in [1.807, 2.05) is 0 Å². The molecule has 3 aromatic rings. The molecule has 0 saturated heterocycles. The van der Waals surface area contributed by atoms with Gasteiger partial charge in [-0.3, -0.25) is 0 Å². The SMILES string of the molecule is CC(C)(C)OC(=O)c1c(C(F)(F)F)cc(-c2cc(F)cc(F)c2)nc1Oc1ccc(Br)cc1F. The van der Waals surface area contributed by atoms with E-state index in [0.29, 0.717) is 16.6 Å². The monoisotopic (exact) mass is 547 g/mol. The third-order valence-corrected chi connectivity index (χ3v) is 4.65. The maximum Gasteiger partial charge on any atom is 0.417 e. The van der Waals surface area contributed by atoms with Crippen molar-refractivity contribution in [2.24, 2.45) is 0 Å². The molecule has 0 aliphatic heterocycles. The number of carbonyl (C=O) groups is 1. The van der Waals surface area contributed by atoms with E-state index < -0.39 is 63.6 Å². The molecule has 0 atom stereocenters. The van der Waals surface area contributed by atoms with Gasteiger partial charge in [0.1, 0.15) is 22.8 Å². The van der Waals surface area contributed by atoms with Gasteiger partial charge in [-0.1, -0.05) is 15.9 Å². The molecule has 1 aromatic heterocycles. The fourth-order valence-corrected chi connectivity index (χ4v) is 3.19. The van der Waals surface area contributed by atoms with Gasteiger partial charge in [-0.15, -0.1) is 0 Å². The van der Waals surface area contributed by atoms with Crippen LogP contribution < -0.4 is 4.74 Å². The largest absolute Gasteiger partial charge is 0.456 e. The normalized spacial score (nSPS) is 11.9. The molecule has 4 nitrogen and oxygen atoms in total. The van der Waals surface area contributed by atoms with Crippen LogP contribution >= 0.6 is 15.9 Å². The molecule has 0 spiro atoms. The van der Waals surface area contributed by atoms with E-state index in [-0.39, 0.29) is 5.56 Å². The Kier molecular flexibility index (Phi) is 6.97. The van der Waals surface area contributed by atoms with Crippen molar-refractivity contribution in [1.82, 2.24) is 4.98 Å². The Morgan fingerprint density at radius 2 is 1.56 bits per heavy atom. The van der Waals surface area contributed by atoms with Gasteiger partial charge in [0.15, 0.2) is 11.6 Å². The van der Waals surface area contributed by atoms with Crippen LogP contribution in [0, 0.1) is 17.5 Å². The second-order valence-electron chi connectivity index (χ2n) is 8.07. The molecule has 180 valence electrons. The second kappa shape index (κ2) is 9.28. The van der Waals surface area contributed by atoms with Crippen LogP contribution in [0.25, 0.3) is 11.3 Å². The molecule has 0 saturated carbocycles. The van der Waals surface area contributed by atoms with Crippen molar-refractivity contribution in [1.29, 1.82) is 0 Å². The smallest absolute Gasteiger partial charge is 0.417 e. The zero-order valence-corrected chi connectivity index (χ0v) is 19.4. The Morgan fingerprint density at radius 3 is 2.09 bits per heavy atom. The summed E-state index contributed by atoms with van der Waals surface area (Å²) in [6, 6.07) is 5.91. The van der Waals surface area contributed by atoms with Gasteiger partial charge in [0.25, 0.3) is 0 Å². The highest BCUT2D eigenvalue weighted by Crippen LogP contribution is 2.40. The van der Waals surface area contributed by atoms with E-state index in [9.17, 15) is 31.1 Å². The first-order valence-corrected chi connectivity index (χ1v) is 10.4. The summed E-state index contributed by atoms with van der Waals surface area (Å²) in [5.41, 5.74) is -4.77. The molecule has 34 heavy (non-hydrogen) atoms. The maximum absolute atomic E-state index is 14.4. The van der Waals surface area contributed by atoms with Crippen LogP contribution in [0.2, 0.25) is 0 Å². The lowest BCUT2D eigenvalue weighted by molar-refractivity contribution is -0.138. The number of carbonyl (C=O) groups excluding carboxylic acids is 1. The predicted molar refractivity (Wildman–Crippen MR) is 114 cm³/mol. The quantitative estimate of drug-likeness (QED) is 0.248. The lowest BCUT2D eigenvalue weighted by atomic mass is 10.0. The number of rotatable bonds is 4. The van der Waals surface area contributed by atoms with Crippen molar-refractivity contribution in [2.75, 3.05) is 0 Å². The maximum atomic E-state index is 14.4. The number of pyridine rings is 1. The lowest BCUT2D eigenvalue weighted by Gasteiger charge is -2.23. The number of aromatic nitrogens is 1. The molecule has 11 heteroatoms. The summed E-state index contributed by atoms with van der Waals surface area (Å²) in [5, 5.41) is 0. The fraction of sp³-hybridized carbons (Fsp3) is 0.217. The number of benzene rings is 2. The molecule has 0 fully saturated rings. The van der Waals surface area contributed by atoms with E-state index in [0.717, 1.165) is 24.3 Å². The number of nitrogens with zero attached hydrogens (tertiary/aromatic N) is 1. The first-order valence-electron chi connectivity index (χ1n) is 9.59. The van der Waals surface area contributed by atoms with Crippen molar-refractivity contribution >= 4 is 21.9 Å². The van der Waals surface area contributed by atoms with Crippen LogP contribution in [-0.4, -0.2) is 16.6 Å². The minimum atomic E-state index is -5.13. The third-order valence-electron chi connectivity index (χ3n) is 4.15. The molecular formula is C23H16BrF6NO3. The fourth-order valence-electron chi connectivity index (χ4n) is 2.86. The molecule has 0 aliphatic carbocycles. The Labute approximate surface area is 198 Å². The van der Waals surface area contributed by atoms with Gasteiger partial charge in [0, 0.05) is 16.1 Å². The van der Waals surface area contributed by atoms with Crippen LogP contribution in [-0.2, 0) is 10.9 Å². The first-order chi connectivity index (χ1) is 15.6. The first kappa shape index (κ1) is 25.5. The zero-order chi connectivity index (χ0) is 25.4. The van der Waals surface area contributed by atoms with E-state index in [1.54, 1.807) is 0 Å². The van der Waals surface area contributed by atoms with Crippen LogP contribution in [0.15, 0.2) is 46.9 Å². The van der Waals surface area contributed by atoms with Gasteiger partial charge in [0.2, 0.25) is 5.88 Å². The Balaban J connectivity index is 2.31. The summed E-state index contributed by atoms with van der Waals surface area (Å²) in [4.78, 5) is 16.6. The second-order valence-corrected chi connectivity index (χ2v) is 8.99. The van der Waals surface area contributed by atoms with Crippen LogP contribution in [0.1, 0.15) is 36.7 Å². The van der Waals surface area contributed by atoms with Crippen LogP contribution in [0.3, 0.4) is 0 Å². The Bertz CT molecular complexity index is 1230. The Morgan fingerprint density at radius 1 is 0.941 bits per heavy atom. The Hall–Kier alpha value is -3.08. The van der Waals surface area contributed by atoms with E-state index in [2.05, 4.69) is 20.9 Å². The third kappa shape index (κ3) is 6.07. The van der Waals surface area contributed by atoms with Crippen molar-refractivity contribution < 1.29 is 40.6 Å². The molecule has 0 aliphatic rings. The van der Waals surface area contributed by atoms with E-state index >= 15 is 0 Å². The number of hydrogen-bond donors (Lipinski definition) is 0. The molecular weight excluding hydrogens is 532 g/mol. The average molecular weight is 548 g/mol. The number of halogens is 7. The van der Waals surface area contributed by atoms with Crippen LogP contribution in [0.5, 0.6) is 11.6 Å². The number of ether oxygens (including phenoxy) is 2. The van der Waals surface area contributed by atoms with E-state index in [4.69, 9.17) is 9.47 Å². The number of hydrogen-bond acceptors (Lipinski definition) is 4. The topological polar surface area (TPSA) is 48.4 Å². The van der Waals surface area contributed by atoms with Crippen LogP contribution in [0.4, 0.5) is 26.3 Å². The van der Waals surface area contributed by atoms with Gasteiger partial charge in [0.05, 0.1) is 11.3 Å². The molecule has 0 N–H and O–H groups in total. The highest BCUT2D eigenvalue weighted by Gasteiger charge is 2.40. The van der Waals surface area contributed by atoms with Gasteiger partial charge in [-0.05, 0) is 57.2 Å². The minimum Gasteiger partial charge on any atom is -0.456 e. The standard InChI is InChI=1S/C23H16BrF6NO3/c1-22(2,3)34-21(32)19-15(23(28,29)30)10-17(11-6-13(25)9-14(26)7-11)31-20(19)33-18-5-4-12(24)8-16(18)27/h4-10H,1-3H3.